The number of rotatable bonds is 7. The monoisotopic (exact) mass is 523 g/mol. The van der Waals surface area contributed by atoms with E-state index in [0.29, 0.717) is 32.0 Å². The molecule has 1 atom stereocenters. The van der Waals surface area contributed by atoms with E-state index in [1.165, 1.54) is 17.8 Å². The first-order valence-corrected chi connectivity index (χ1v) is 12.4. The van der Waals surface area contributed by atoms with Crippen LogP contribution in [0.3, 0.4) is 0 Å². The average Bonchev–Trinajstić information content (AvgIpc) is 3.55. The van der Waals surface area contributed by atoms with Gasteiger partial charge < -0.3 is 25.4 Å². The van der Waals surface area contributed by atoms with Crippen LogP contribution in [0.25, 0.3) is 0 Å². The van der Waals surface area contributed by atoms with Crippen LogP contribution in [0.2, 0.25) is 0 Å². The molecule has 4 N–H and O–H groups in total. The summed E-state index contributed by atoms with van der Waals surface area (Å²) in [6, 6.07) is 9.28. The number of hydrogen-bond acceptors (Lipinski definition) is 8. The quantitative estimate of drug-likeness (QED) is 0.421. The highest BCUT2D eigenvalue weighted by Gasteiger charge is 2.42. The molecule has 0 radical (unpaired) electrons. The third-order valence-corrected chi connectivity index (χ3v) is 6.22. The van der Waals surface area contributed by atoms with Gasteiger partial charge in [0.15, 0.2) is 5.95 Å². The van der Waals surface area contributed by atoms with Crippen LogP contribution in [0, 0.1) is 12.3 Å². The number of carbonyl (C=O) groups is 2. The maximum absolute atomic E-state index is 12.6. The van der Waals surface area contributed by atoms with Crippen molar-refractivity contribution >= 4 is 23.5 Å². The molecule has 2 saturated heterocycles. The molecule has 2 aromatic heterocycles. The molecule has 2 fully saturated rings. The molecule has 202 valence electrons. The summed E-state index contributed by atoms with van der Waals surface area (Å²) >= 11 is 0. The minimum Gasteiger partial charge on any atom is -0.493 e. The first-order chi connectivity index (χ1) is 18.2. The second-order valence-corrected chi connectivity index (χ2v) is 9.90. The summed E-state index contributed by atoms with van der Waals surface area (Å²) in [5.41, 5.74) is 6.59. The normalized spacial score (nSPS) is 17.6. The van der Waals surface area contributed by atoms with Crippen molar-refractivity contribution in [3.05, 3.63) is 64.8 Å². The van der Waals surface area contributed by atoms with E-state index in [1.807, 2.05) is 36.1 Å². The van der Waals surface area contributed by atoms with Crippen LogP contribution in [-0.2, 0) is 20.9 Å². The molecular formula is C26H33N7O5. The average molecular weight is 524 g/mol. The Balaban J connectivity index is 0.000000360. The molecule has 1 aromatic carbocycles. The molecule has 12 nitrogen and oxygen atoms in total. The van der Waals surface area contributed by atoms with E-state index in [-0.39, 0.29) is 35.3 Å². The highest BCUT2D eigenvalue weighted by Crippen LogP contribution is 2.31. The smallest absolute Gasteiger partial charge is 0.253 e. The number of nitrogens with zero attached hydrogens (tertiary/aromatic N) is 4. The van der Waals surface area contributed by atoms with Crippen molar-refractivity contribution in [2.24, 2.45) is 5.41 Å². The van der Waals surface area contributed by atoms with E-state index in [0.717, 1.165) is 18.6 Å². The van der Waals surface area contributed by atoms with E-state index in [2.05, 4.69) is 27.3 Å². The molecule has 2 aliphatic heterocycles. The second kappa shape index (κ2) is 11.9. The summed E-state index contributed by atoms with van der Waals surface area (Å²) in [7, 11) is 0. The fourth-order valence-electron chi connectivity index (χ4n) is 4.18. The Bertz CT molecular complexity index is 1290. The van der Waals surface area contributed by atoms with E-state index in [9.17, 15) is 14.4 Å². The Morgan fingerprint density at radius 2 is 2.03 bits per heavy atom. The standard InChI is InChI=1S/C22H28N4O4.C4H5N3O/c1-16-5-7-18(8-6-16)30-15-22(2)13-25(14-22)20(27)12-26-11-17(10-23-26)24-21(28)19-4-3-9-29-19;5-4-6-2-1-3(8)7-4/h5-8,10-11,19H,3-4,9,12-15H2,1-2H3,(H,24,28);1-2H,(H3,5,6,7,8)/t19-;/m1./s1. The number of H-pyrrole nitrogens is 1. The summed E-state index contributed by atoms with van der Waals surface area (Å²) in [4.78, 5) is 42.6. The minimum absolute atomic E-state index is 0.00270. The van der Waals surface area contributed by atoms with Gasteiger partial charge in [-0.1, -0.05) is 24.6 Å². The van der Waals surface area contributed by atoms with Crippen LogP contribution in [0.15, 0.2) is 53.7 Å². The highest BCUT2D eigenvalue weighted by atomic mass is 16.5. The lowest BCUT2D eigenvalue weighted by molar-refractivity contribution is -0.145. The van der Waals surface area contributed by atoms with Gasteiger partial charge in [0.2, 0.25) is 5.91 Å². The lowest BCUT2D eigenvalue weighted by Gasteiger charge is -2.47. The molecule has 0 unspecified atom stereocenters. The number of aromatic nitrogens is 4. The second-order valence-electron chi connectivity index (χ2n) is 9.90. The van der Waals surface area contributed by atoms with E-state index >= 15 is 0 Å². The number of likely N-dealkylation sites (tertiary alicyclic amines) is 1. The number of nitrogen functional groups attached to an aromatic ring is 1. The van der Waals surface area contributed by atoms with Crippen LogP contribution in [0.1, 0.15) is 25.3 Å². The third-order valence-electron chi connectivity index (χ3n) is 6.22. The number of hydrogen-bond donors (Lipinski definition) is 3. The van der Waals surface area contributed by atoms with E-state index < -0.39 is 6.10 Å². The topological polar surface area (TPSA) is 157 Å². The van der Waals surface area contributed by atoms with Crippen LogP contribution in [0.5, 0.6) is 5.75 Å². The molecular weight excluding hydrogens is 490 g/mol. The lowest BCUT2D eigenvalue weighted by atomic mass is 9.83. The SMILES string of the molecule is Cc1ccc(OCC2(C)CN(C(=O)Cn3cc(NC(=O)[C@H]4CCCO4)cn3)C2)cc1.Nc1nccc(=O)[nH]1. The van der Waals surface area contributed by atoms with Crippen LogP contribution in [-0.4, -0.2) is 68.9 Å². The van der Waals surface area contributed by atoms with E-state index in [1.54, 1.807) is 17.1 Å². The number of nitrogens with one attached hydrogen (secondary N) is 2. The largest absolute Gasteiger partial charge is 0.493 e. The Morgan fingerprint density at radius 3 is 2.66 bits per heavy atom. The third kappa shape index (κ3) is 7.42. The number of aryl methyl sites for hydroxylation is 1. The lowest BCUT2D eigenvalue weighted by Crippen LogP contribution is -2.60. The molecule has 5 rings (SSSR count). The molecule has 4 heterocycles. The number of anilines is 2. The molecule has 3 aromatic rings. The number of amides is 2. The van der Waals surface area contributed by atoms with Gasteiger partial charge in [-0.25, -0.2) is 4.98 Å². The maximum atomic E-state index is 12.6. The first kappa shape index (κ1) is 26.9. The zero-order chi connectivity index (χ0) is 27.1. The summed E-state index contributed by atoms with van der Waals surface area (Å²) in [5, 5.41) is 6.98. The number of aromatic amines is 1. The fourth-order valence-corrected chi connectivity index (χ4v) is 4.18. The van der Waals surface area contributed by atoms with Crippen molar-refractivity contribution in [2.45, 2.75) is 39.3 Å². The van der Waals surface area contributed by atoms with Gasteiger partial charge in [0.25, 0.3) is 11.5 Å². The predicted octanol–water partition coefficient (Wildman–Crippen LogP) is 1.59. The highest BCUT2D eigenvalue weighted by molar-refractivity contribution is 5.94. The minimum atomic E-state index is -0.393. The van der Waals surface area contributed by atoms with Gasteiger partial charge in [-0.15, -0.1) is 0 Å². The first-order valence-electron chi connectivity index (χ1n) is 12.4. The summed E-state index contributed by atoms with van der Waals surface area (Å²) < 4.78 is 12.8. The van der Waals surface area contributed by atoms with Crippen LogP contribution in [0.4, 0.5) is 11.6 Å². The van der Waals surface area contributed by atoms with Gasteiger partial charge in [-0.05, 0) is 31.9 Å². The van der Waals surface area contributed by atoms with Crippen LogP contribution < -0.4 is 21.3 Å². The zero-order valence-electron chi connectivity index (χ0n) is 21.6. The predicted molar refractivity (Wildman–Crippen MR) is 140 cm³/mol. The Labute approximate surface area is 220 Å². The Kier molecular flexibility index (Phi) is 8.41. The number of benzene rings is 1. The zero-order valence-corrected chi connectivity index (χ0v) is 21.6. The van der Waals surface area contributed by atoms with Gasteiger partial charge in [0.05, 0.1) is 18.5 Å². The molecule has 2 amide bonds. The molecule has 38 heavy (non-hydrogen) atoms. The molecule has 0 aliphatic carbocycles. The van der Waals surface area contributed by atoms with Crippen LogP contribution >= 0.6 is 0 Å². The van der Waals surface area contributed by atoms with Crippen molar-refractivity contribution in [3.63, 3.8) is 0 Å². The molecule has 2 aliphatic rings. The van der Waals surface area contributed by atoms with Gasteiger partial charge in [-0.3, -0.25) is 24.0 Å². The molecule has 0 spiro atoms. The maximum Gasteiger partial charge on any atom is 0.253 e. The van der Waals surface area contributed by atoms with Gasteiger partial charge >= 0.3 is 0 Å². The Hall–Kier alpha value is -4.19. The van der Waals surface area contributed by atoms with Crippen molar-refractivity contribution in [1.29, 1.82) is 0 Å². The molecule has 12 heteroatoms. The summed E-state index contributed by atoms with van der Waals surface area (Å²) in [6.45, 7) is 6.81. The van der Waals surface area contributed by atoms with Crippen molar-refractivity contribution in [2.75, 3.05) is 37.4 Å². The van der Waals surface area contributed by atoms with E-state index in [4.69, 9.17) is 15.2 Å². The number of carbonyl (C=O) groups excluding carboxylic acids is 2. The van der Waals surface area contributed by atoms with Gasteiger partial charge in [-0.2, -0.15) is 5.10 Å². The van der Waals surface area contributed by atoms with Crippen molar-refractivity contribution < 1.29 is 19.1 Å². The molecule has 0 bridgehead atoms. The summed E-state index contributed by atoms with van der Waals surface area (Å²) in [6.07, 6.45) is 5.82. The molecule has 0 saturated carbocycles. The van der Waals surface area contributed by atoms with Crippen molar-refractivity contribution in [1.82, 2.24) is 24.6 Å². The van der Waals surface area contributed by atoms with Crippen molar-refractivity contribution in [3.8, 4) is 5.75 Å². The van der Waals surface area contributed by atoms with Gasteiger partial charge in [0.1, 0.15) is 18.4 Å². The summed E-state index contributed by atoms with van der Waals surface area (Å²) in [5.74, 6) is 0.839. The number of nitrogens with two attached hydrogens (primary N) is 1. The Morgan fingerprint density at radius 1 is 1.26 bits per heavy atom. The fraction of sp³-hybridized carbons (Fsp3) is 0.423. The number of ether oxygens (including phenoxy) is 2. The van der Waals surface area contributed by atoms with Gasteiger partial charge in [0, 0.05) is 43.6 Å².